The van der Waals surface area contributed by atoms with Gasteiger partial charge in [0, 0.05) is 17.0 Å². The maximum Gasteiger partial charge on any atom is 0.192 e. The molecule has 0 saturated heterocycles. The van der Waals surface area contributed by atoms with Crippen molar-refractivity contribution < 1.29 is 14.3 Å². The zero-order valence-electron chi connectivity index (χ0n) is 15.5. The lowest BCUT2D eigenvalue weighted by Crippen LogP contribution is -2.43. The van der Waals surface area contributed by atoms with Gasteiger partial charge in [-0.3, -0.25) is 0 Å². The summed E-state index contributed by atoms with van der Waals surface area (Å²) >= 11 is 3.41. The van der Waals surface area contributed by atoms with Crippen molar-refractivity contribution in [3.05, 3.63) is 47.0 Å². The van der Waals surface area contributed by atoms with Crippen molar-refractivity contribution in [3.63, 3.8) is 0 Å². The van der Waals surface area contributed by atoms with Crippen molar-refractivity contribution in [2.75, 3.05) is 13.2 Å². The largest absolute Gasteiger partial charge is 0.416 e. The van der Waals surface area contributed by atoms with E-state index in [9.17, 15) is 5.11 Å². The minimum atomic E-state index is -1.82. The Labute approximate surface area is 156 Å². The highest BCUT2D eigenvalue weighted by Crippen LogP contribution is 2.36. The lowest BCUT2D eigenvalue weighted by Gasteiger charge is -2.37. The van der Waals surface area contributed by atoms with Gasteiger partial charge < -0.3 is 14.3 Å². The Morgan fingerprint density at radius 2 is 1.79 bits per heavy atom. The van der Waals surface area contributed by atoms with E-state index in [0.717, 1.165) is 10.0 Å². The van der Waals surface area contributed by atoms with Crippen molar-refractivity contribution >= 4 is 24.2 Å². The first-order valence-corrected chi connectivity index (χ1v) is 12.0. The fraction of sp³-hybridized carbons (Fsp3) is 0.579. The molecule has 0 saturated carbocycles. The van der Waals surface area contributed by atoms with E-state index >= 15 is 0 Å². The second kappa shape index (κ2) is 9.29. The Kier molecular flexibility index (Phi) is 8.36. The molecule has 0 aliphatic carbocycles. The molecule has 3 nitrogen and oxygen atoms in total. The third-order valence-corrected chi connectivity index (χ3v) is 9.74. The van der Waals surface area contributed by atoms with Gasteiger partial charge >= 0.3 is 0 Å². The van der Waals surface area contributed by atoms with Gasteiger partial charge in [0.05, 0.1) is 19.3 Å². The van der Waals surface area contributed by atoms with Crippen LogP contribution in [0.3, 0.4) is 0 Å². The van der Waals surface area contributed by atoms with E-state index in [1.165, 1.54) is 0 Å². The highest BCUT2D eigenvalue weighted by Gasteiger charge is 2.37. The third-order valence-electron chi connectivity index (χ3n) is 4.71. The highest BCUT2D eigenvalue weighted by atomic mass is 79.9. The SMILES string of the molecule is C=C[C@@H](CO[Si](C)(C)C(C)(C)C)[C@@H](O)COCc1ccc(Br)cc1. The van der Waals surface area contributed by atoms with Gasteiger partial charge in [-0.05, 0) is 35.8 Å². The maximum atomic E-state index is 10.4. The standard InChI is InChI=1S/C19H31BrO3Si/c1-7-16(13-23-24(5,6)19(2,3)4)18(21)14-22-12-15-8-10-17(20)11-9-15/h7-11,16,18,21H,1,12-14H2,2-6H3/t16-,18-/m0/s1. The minimum Gasteiger partial charge on any atom is -0.416 e. The molecule has 136 valence electrons. The maximum absolute atomic E-state index is 10.4. The molecular formula is C19H31BrO3Si. The first kappa shape index (κ1) is 21.6. The summed E-state index contributed by atoms with van der Waals surface area (Å²) in [5, 5.41) is 10.5. The Hall–Kier alpha value is -0.463. The fourth-order valence-corrected chi connectivity index (χ4v) is 3.17. The van der Waals surface area contributed by atoms with E-state index in [4.69, 9.17) is 9.16 Å². The number of halogens is 1. The summed E-state index contributed by atoms with van der Waals surface area (Å²) in [6, 6.07) is 7.97. The van der Waals surface area contributed by atoms with Gasteiger partial charge in [0.2, 0.25) is 0 Å². The van der Waals surface area contributed by atoms with Crippen LogP contribution in [0, 0.1) is 5.92 Å². The summed E-state index contributed by atoms with van der Waals surface area (Å²) in [4.78, 5) is 0. The molecule has 0 aliphatic heterocycles. The minimum absolute atomic E-state index is 0.121. The normalized spacial score (nSPS) is 15.1. The van der Waals surface area contributed by atoms with E-state index in [2.05, 4.69) is 56.4 Å². The summed E-state index contributed by atoms with van der Waals surface area (Å²) < 4.78 is 12.9. The molecule has 1 aromatic rings. The zero-order chi connectivity index (χ0) is 18.4. The number of aliphatic hydroxyl groups excluding tert-OH is 1. The molecular weight excluding hydrogens is 384 g/mol. The van der Waals surface area contributed by atoms with Gasteiger partial charge in [0.25, 0.3) is 0 Å². The molecule has 0 spiro atoms. The van der Waals surface area contributed by atoms with Crippen LogP contribution in [-0.2, 0) is 15.8 Å². The Bertz CT molecular complexity index is 508. The molecule has 0 aliphatic rings. The Morgan fingerprint density at radius 1 is 1.21 bits per heavy atom. The average molecular weight is 415 g/mol. The van der Waals surface area contributed by atoms with Crippen molar-refractivity contribution in [3.8, 4) is 0 Å². The molecule has 0 heterocycles. The van der Waals surface area contributed by atoms with Gasteiger partial charge in [-0.15, -0.1) is 6.58 Å². The van der Waals surface area contributed by atoms with Crippen LogP contribution in [0.2, 0.25) is 18.1 Å². The zero-order valence-corrected chi connectivity index (χ0v) is 18.1. The van der Waals surface area contributed by atoms with Crippen LogP contribution in [0.1, 0.15) is 26.3 Å². The van der Waals surface area contributed by atoms with E-state index < -0.39 is 14.4 Å². The Morgan fingerprint density at radius 3 is 2.29 bits per heavy atom. The molecule has 1 rings (SSSR count). The van der Waals surface area contributed by atoms with E-state index in [0.29, 0.717) is 13.2 Å². The van der Waals surface area contributed by atoms with Crippen LogP contribution in [0.4, 0.5) is 0 Å². The summed E-state index contributed by atoms with van der Waals surface area (Å²) in [7, 11) is -1.82. The summed E-state index contributed by atoms with van der Waals surface area (Å²) in [6.45, 7) is 16.1. The van der Waals surface area contributed by atoms with E-state index in [1.807, 2.05) is 24.3 Å². The van der Waals surface area contributed by atoms with Crippen molar-refractivity contribution in [1.29, 1.82) is 0 Å². The predicted molar refractivity (Wildman–Crippen MR) is 107 cm³/mol. The van der Waals surface area contributed by atoms with Crippen molar-refractivity contribution in [2.45, 2.75) is 51.6 Å². The molecule has 0 bridgehead atoms. The fourth-order valence-electron chi connectivity index (χ4n) is 1.86. The van der Waals surface area contributed by atoms with E-state index in [1.54, 1.807) is 6.08 Å². The molecule has 1 N–H and O–H groups in total. The lowest BCUT2D eigenvalue weighted by atomic mass is 10.1. The summed E-state index contributed by atoms with van der Waals surface area (Å²) in [5.74, 6) is -0.121. The summed E-state index contributed by atoms with van der Waals surface area (Å²) in [6.07, 6.45) is 1.16. The molecule has 0 radical (unpaired) electrons. The molecule has 2 atom stereocenters. The highest BCUT2D eigenvalue weighted by molar-refractivity contribution is 9.10. The smallest absolute Gasteiger partial charge is 0.192 e. The molecule has 0 unspecified atom stereocenters. The Balaban J connectivity index is 2.44. The lowest BCUT2D eigenvalue weighted by molar-refractivity contribution is -0.00210. The number of aliphatic hydroxyl groups is 1. The average Bonchev–Trinajstić information content (AvgIpc) is 2.48. The number of rotatable bonds is 9. The van der Waals surface area contributed by atoms with Crippen LogP contribution in [0.25, 0.3) is 0 Å². The van der Waals surface area contributed by atoms with Gasteiger partial charge in [-0.1, -0.05) is 54.9 Å². The van der Waals surface area contributed by atoms with Crippen LogP contribution in [0.5, 0.6) is 0 Å². The van der Waals surface area contributed by atoms with Crippen LogP contribution < -0.4 is 0 Å². The van der Waals surface area contributed by atoms with Crippen LogP contribution >= 0.6 is 15.9 Å². The summed E-state index contributed by atoms with van der Waals surface area (Å²) in [5.41, 5.74) is 1.08. The number of benzene rings is 1. The van der Waals surface area contributed by atoms with Gasteiger partial charge in [-0.25, -0.2) is 0 Å². The molecule has 0 aromatic heterocycles. The van der Waals surface area contributed by atoms with Crippen molar-refractivity contribution in [1.82, 2.24) is 0 Å². The molecule has 24 heavy (non-hydrogen) atoms. The van der Waals surface area contributed by atoms with Gasteiger partial charge in [0.15, 0.2) is 8.32 Å². The predicted octanol–water partition coefficient (Wildman–Crippen LogP) is 5.15. The van der Waals surface area contributed by atoms with Crippen LogP contribution in [0.15, 0.2) is 41.4 Å². The molecule has 5 heteroatoms. The molecule has 0 amide bonds. The van der Waals surface area contributed by atoms with Crippen molar-refractivity contribution in [2.24, 2.45) is 5.92 Å². The quantitative estimate of drug-likeness (QED) is 0.448. The monoisotopic (exact) mass is 414 g/mol. The third kappa shape index (κ3) is 6.80. The molecule has 0 fully saturated rings. The first-order valence-electron chi connectivity index (χ1n) is 8.33. The first-order chi connectivity index (χ1) is 11.1. The number of ether oxygens (including phenoxy) is 1. The van der Waals surface area contributed by atoms with Gasteiger partial charge in [0.1, 0.15) is 0 Å². The molecule has 1 aromatic carbocycles. The van der Waals surface area contributed by atoms with E-state index in [-0.39, 0.29) is 17.6 Å². The number of hydrogen-bond acceptors (Lipinski definition) is 3. The number of hydrogen-bond donors (Lipinski definition) is 1. The topological polar surface area (TPSA) is 38.7 Å². The second-order valence-electron chi connectivity index (χ2n) is 7.68. The second-order valence-corrected chi connectivity index (χ2v) is 13.4. The van der Waals surface area contributed by atoms with Gasteiger partial charge in [-0.2, -0.15) is 0 Å². The van der Waals surface area contributed by atoms with Crippen LogP contribution in [-0.4, -0.2) is 32.7 Å².